The number of ether oxygens (including phenoxy) is 2. The van der Waals surface area contributed by atoms with Crippen molar-refractivity contribution < 1.29 is 17.9 Å². The fraction of sp³-hybridized carbons (Fsp3) is 0.538. The van der Waals surface area contributed by atoms with Crippen LogP contribution in [0.1, 0.15) is 13.8 Å². The van der Waals surface area contributed by atoms with Gasteiger partial charge in [0.1, 0.15) is 10.6 Å². The predicted molar refractivity (Wildman–Crippen MR) is 76.2 cm³/mol. The average molecular weight is 300 g/mol. The number of benzene rings is 1. The molecule has 2 atom stereocenters. The van der Waals surface area contributed by atoms with Gasteiger partial charge in [0, 0.05) is 19.2 Å². The van der Waals surface area contributed by atoms with Crippen LogP contribution in [0.4, 0.5) is 5.69 Å². The smallest absolute Gasteiger partial charge is 0.245 e. The van der Waals surface area contributed by atoms with E-state index in [2.05, 4.69) is 0 Å². The summed E-state index contributed by atoms with van der Waals surface area (Å²) in [4.78, 5) is 0.111. The van der Waals surface area contributed by atoms with Crippen LogP contribution in [-0.2, 0) is 14.8 Å². The molecule has 1 aromatic carbocycles. The maximum Gasteiger partial charge on any atom is 0.245 e. The Morgan fingerprint density at radius 3 is 2.40 bits per heavy atom. The summed E-state index contributed by atoms with van der Waals surface area (Å²) in [5.74, 6) is 0.533. The van der Waals surface area contributed by atoms with Crippen LogP contribution in [-0.4, -0.2) is 45.1 Å². The van der Waals surface area contributed by atoms with Gasteiger partial charge >= 0.3 is 0 Å². The van der Waals surface area contributed by atoms with E-state index >= 15 is 0 Å². The van der Waals surface area contributed by atoms with Gasteiger partial charge in [-0.15, -0.1) is 0 Å². The van der Waals surface area contributed by atoms with E-state index in [0.717, 1.165) is 0 Å². The molecule has 7 heteroatoms. The van der Waals surface area contributed by atoms with Crippen LogP contribution in [0, 0.1) is 0 Å². The maximum atomic E-state index is 12.6. The third kappa shape index (κ3) is 2.89. The standard InChI is InChI=1S/C13H20N2O4S/c1-9-7-15(8-10(2)19-9)20(16,17)13-5-4-11(18-3)6-12(13)14/h4-6,9-10H,7-8,14H2,1-3H3/t9-,10+. The quantitative estimate of drug-likeness (QED) is 0.845. The number of nitrogens with two attached hydrogens (primary N) is 1. The topological polar surface area (TPSA) is 81.9 Å². The van der Waals surface area contributed by atoms with Crippen LogP contribution >= 0.6 is 0 Å². The van der Waals surface area contributed by atoms with Crippen LogP contribution in [0.5, 0.6) is 5.75 Å². The molecule has 112 valence electrons. The summed E-state index contributed by atoms with van der Waals surface area (Å²) < 4.78 is 37.3. The minimum Gasteiger partial charge on any atom is -0.497 e. The van der Waals surface area contributed by atoms with Crippen molar-refractivity contribution in [3.8, 4) is 5.75 Å². The molecule has 1 fully saturated rings. The molecule has 0 spiro atoms. The normalized spacial score (nSPS) is 24.6. The van der Waals surface area contributed by atoms with Crippen molar-refractivity contribution in [1.29, 1.82) is 0 Å². The predicted octanol–water partition coefficient (Wildman–Crippen LogP) is 1.08. The molecule has 0 radical (unpaired) electrons. The van der Waals surface area contributed by atoms with Gasteiger partial charge in [-0.25, -0.2) is 8.42 Å². The second kappa shape index (κ2) is 5.59. The Hall–Kier alpha value is -1.31. The van der Waals surface area contributed by atoms with Crippen molar-refractivity contribution in [2.45, 2.75) is 31.0 Å². The molecular formula is C13H20N2O4S. The monoisotopic (exact) mass is 300 g/mol. The van der Waals surface area contributed by atoms with Crippen molar-refractivity contribution in [3.05, 3.63) is 18.2 Å². The molecule has 1 heterocycles. The molecule has 0 bridgehead atoms. The number of hydrogen-bond acceptors (Lipinski definition) is 5. The largest absolute Gasteiger partial charge is 0.497 e. The zero-order chi connectivity index (χ0) is 14.9. The first-order valence-corrected chi connectivity index (χ1v) is 7.87. The van der Waals surface area contributed by atoms with Gasteiger partial charge in [0.2, 0.25) is 10.0 Å². The number of hydrogen-bond donors (Lipinski definition) is 1. The van der Waals surface area contributed by atoms with Crippen LogP contribution < -0.4 is 10.5 Å². The molecule has 0 unspecified atom stereocenters. The first kappa shape index (κ1) is 15.1. The van der Waals surface area contributed by atoms with Crippen LogP contribution in [0.15, 0.2) is 23.1 Å². The lowest BCUT2D eigenvalue weighted by molar-refractivity contribution is -0.0440. The SMILES string of the molecule is COc1ccc(S(=O)(=O)N2C[C@@H](C)O[C@@H](C)C2)c(N)c1. The van der Waals surface area contributed by atoms with E-state index in [1.54, 1.807) is 6.07 Å². The summed E-state index contributed by atoms with van der Waals surface area (Å²) in [6.45, 7) is 4.38. The molecule has 2 N–H and O–H groups in total. The van der Waals surface area contributed by atoms with Crippen molar-refractivity contribution >= 4 is 15.7 Å². The highest BCUT2D eigenvalue weighted by Gasteiger charge is 2.33. The molecule has 0 saturated carbocycles. The second-order valence-corrected chi connectivity index (χ2v) is 6.89. The summed E-state index contributed by atoms with van der Waals surface area (Å²) >= 11 is 0. The number of nitrogens with zero attached hydrogens (tertiary/aromatic N) is 1. The number of methoxy groups -OCH3 is 1. The highest BCUT2D eigenvalue weighted by molar-refractivity contribution is 7.89. The van der Waals surface area contributed by atoms with E-state index in [-0.39, 0.29) is 22.8 Å². The Bertz CT molecular complexity index is 578. The Labute approximate surface area is 119 Å². The van der Waals surface area contributed by atoms with E-state index in [0.29, 0.717) is 18.8 Å². The first-order chi connectivity index (χ1) is 9.34. The molecule has 20 heavy (non-hydrogen) atoms. The van der Waals surface area contributed by atoms with Gasteiger partial charge in [-0.05, 0) is 26.0 Å². The molecular weight excluding hydrogens is 280 g/mol. The van der Waals surface area contributed by atoms with Crippen molar-refractivity contribution in [2.24, 2.45) is 0 Å². The number of anilines is 1. The summed E-state index contributed by atoms with van der Waals surface area (Å²) in [7, 11) is -2.10. The van der Waals surface area contributed by atoms with Gasteiger partial charge in [0.15, 0.2) is 0 Å². The van der Waals surface area contributed by atoms with E-state index in [1.807, 2.05) is 13.8 Å². The van der Waals surface area contributed by atoms with Gasteiger partial charge < -0.3 is 15.2 Å². The molecule has 0 aliphatic carbocycles. The molecule has 1 aromatic rings. The lowest BCUT2D eigenvalue weighted by Gasteiger charge is -2.34. The zero-order valence-corrected chi connectivity index (χ0v) is 12.7. The highest BCUT2D eigenvalue weighted by atomic mass is 32.2. The van der Waals surface area contributed by atoms with Crippen LogP contribution in [0.2, 0.25) is 0 Å². The van der Waals surface area contributed by atoms with E-state index in [9.17, 15) is 8.42 Å². The summed E-state index contributed by atoms with van der Waals surface area (Å²) in [5.41, 5.74) is 6.03. The number of nitrogen functional groups attached to an aromatic ring is 1. The number of rotatable bonds is 3. The van der Waals surface area contributed by atoms with E-state index < -0.39 is 10.0 Å². The van der Waals surface area contributed by atoms with Gasteiger partial charge in [-0.1, -0.05) is 0 Å². The lowest BCUT2D eigenvalue weighted by Crippen LogP contribution is -2.48. The fourth-order valence-corrected chi connectivity index (χ4v) is 4.04. The molecule has 0 aromatic heterocycles. The van der Waals surface area contributed by atoms with Gasteiger partial charge in [0.25, 0.3) is 0 Å². The molecule has 1 aliphatic rings. The first-order valence-electron chi connectivity index (χ1n) is 6.43. The Morgan fingerprint density at radius 1 is 1.30 bits per heavy atom. The van der Waals surface area contributed by atoms with Crippen molar-refractivity contribution in [2.75, 3.05) is 25.9 Å². The summed E-state index contributed by atoms with van der Waals surface area (Å²) in [5, 5.41) is 0. The zero-order valence-electron chi connectivity index (χ0n) is 11.9. The fourth-order valence-electron chi connectivity index (χ4n) is 2.35. The lowest BCUT2D eigenvalue weighted by atomic mass is 10.3. The van der Waals surface area contributed by atoms with Gasteiger partial charge in [-0.3, -0.25) is 0 Å². The second-order valence-electron chi connectivity index (χ2n) is 4.98. The van der Waals surface area contributed by atoms with Crippen molar-refractivity contribution in [1.82, 2.24) is 4.31 Å². The molecule has 0 amide bonds. The third-order valence-electron chi connectivity index (χ3n) is 3.22. The number of morpholine rings is 1. The van der Waals surface area contributed by atoms with Gasteiger partial charge in [0.05, 0.1) is 25.0 Å². The minimum atomic E-state index is -3.61. The molecule has 1 saturated heterocycles. The Kier molecular flexibility index (Phi) is 4.22. The maximum absolute atomic E-state index is 12.6. The molecule has 2 rings (SSSR count). The summed E-state index contributed by atoms with van der Waals surface area (Å²) in [6.07, 6.45) is -0.263. The van der Waals surface area contributed by atoms with Crippen LogP contribution in [0.25, 0.3) is 0 Å². The van der Waals surface area contributed by atoms with Crippen molar-refractivity contribution in [3.63, 3.8) is 0 Å². The Balaban J connectivity index is 2.35. The average Bonchev–Trinajstić information content (AvgIpc) is 2.37. The summed E-state index contributed by atoms with van der Waals surface area (Å²) in [6, 6.07) is 4.59. The van der Waals surface area contributed by atoms with Crippen LogP contribution in [0.3, 0.4) is 0 Å². The minimum absolute atomic E-state index is 0.111. The van der Waals surface area contributed by atoms with Gasteiger partial charge in [-0.2, -0.15) is 4.31 Å². The molecule has 1 aliphatic heterocycles. The molecule has 6 nitrogen and oxygen atoms in total. The highest BCUT2D eigenvalue weighted by Crippen LogP contribution is 2.28. The van der Waals surface area contributed by atoms with E-state index in [1.165, 1.54) is 23.5 Å². The Morgan fingerprint density at radius 2 is 1.90 bits per heavy atom. The van der Waals surface area contributed by atoms with E-state index in [4.69, 9.17) is 15.2 Å². The number of sulfonamides is 1. The third-order valence-corrected chi connectivity index (χ3v) is 5.13.